The molecule has 0 atom stereocenters. The quantitative estimate of drug-likeness (QED) is 0.685. The molecule has 4 nitrogen and oxygen atoms in total. The van der Waals surface area contributed by atoms with Crippen LogP contribution in [0.2, 0.25) is 0 Å². The molecule has 25 heavy (non-hydrogen) atoms. The van der Waals surface area contributed by atoms with E-state index in [1.54, 1.807) is 11.1 Å². The predicted molar refractivity (Wildman–Crippen MR) is 96.7 cm³/mol. The topological polar surface area (TPSA) is 57.0 Å². The molecule has 0 unspecified atom stereocenters. The summed E-state index contributed by atoms with van der Waals surface area (Å²) in [5.74, 6) is -0.0456. The van der Waals surface area contributed by atoms with Gasteiger partial charge in [0.2, 0.25) is 0 Å². The molecule has 1 aliphatic rings. The lowest BCUT2D eigenvalue weighted by Crippen LogP contribution is -2.25. The summed E-state index contributed by atoms with van der Waals surface area (Å²) in [6.45, 7) is 4.45. The molecule has 0 bridgehead atoms. The molecule has 120 valence electrons. The monoisotopic (exact) mass is 325 g/mol. The minimum Gasteiger partial charge on any atom is -0.329 e. The summed E-state index contributed by atoms with van der Waals surface area (Å²) >= 11 is 0. The summed E-state index contributed by atoms with van der Waals surface area (Å²) in [7, 11) is 0. The minimum absolute atomic E-state index is 0.0456. The van der Waals surface area contributed by atoms with Crippen LogP contribution in [-0.4, -0.2) is 22.3 Å². The Labute approximate surface area is 145 Å². The zero-order valence-corrected chi connectivity index (χ0v) is 13.6. The second-order valence-corrected chi connectivity index (χ2v) is 6.15. The van der Waals surface area contributed by atoms with E-state index in [0.29, 0.717) is 17.7 Å². The van der Waals surface area contributed by atoms with Crippen molar-refractivity contribution >= 4 is 16.7 Å². The van der Waals surface area contributed by atoms with Crippen LogP contribution in [0, 0.1) is 11.3 Å². The maximum absolute atomic E-state index is 12.6. The SMILES string of the molecule is C=C(C#N)CN1Cc2c(cccc2-c2ccc3ccncc3c2)C1=O. The van der Waals surface area contributed by atoms with Crippen molar-refractivity contribution in [1.82, 2.24) is 9.88 Å². The van der Waals surface area contributed by atoms with Gasteiger partial charge in [-0.15, -0.1) is 0 Å². The maximum Gasteiger partial charge on any atom is 0.254 e. The normalized spacial score (nSPS) is 12.9. The predicted octanol–water partition coefficient (Wildman–Crippen LogP) is 3.94. The Hall–Kier alpha value is -3.45. The van der Waals surface area contributed by atoms with E-state index in [1.807, 2.05) is 36.5 Å². The second-order valence-electron chi connectivity index (χ2n) is 6.15. The molecule has 2 aromatic carbocycles. The van der Waals surface area contributed by atoms with Gasteiger partial charge in [0.05, 0.1) is 12.6 Å². The van der Waals surface area contributed by atoms with Gasteiger partial charge in [-0.3, -0.25) is 9.78 Å². The smallest absolute Gasteiger partial charge is 0.254 e. The molecule has 0 saturated carbocycles. The van der Waals surface area contributed by atoms with Crippen molar-refractivity contribution < 1.29 is 4.79 Å². The number of amides is 1. The second kappa shape index (κ2) is 5.88. The number of fused-ring (bicyclic) bond motifs is 2. The summed E-state index contributed by atoms with van der Waals surface area (Å²) in [6, 6.07) is 16.0. The number of carbonyl (C=O) groups is 1. The van der Waals surface area contributed by atoms with Crippen molar-refractivity contribution in [3.8, 4) is 17.2 Å². The number of hydrogen-bond acceptors (Lipinski definition) is 3. The number of nitrogens with zero attached hydrogens (tertiary/aromatic N) is 3. The van der Waals surface area contributed by atoms with E-state index in [9.17, 15) is 4.79 Å². The molecule has 0 spiro atoms. The van der Waals surface area contributed by atoms with Crippen LogP contribution in [0.4, 0.5) is 0 Å². The Morgan fingerprint density at radius 1 is 1.20 bits per heavy atom. The average Bonchev–Trinajstić information content (AvgIpc) is 2.97. The van der Waals surface area contributed by atoms with Crippen molar-refractivity contribution in [1.29, 1.82) is 5.26 Å². The van der Waals surface area contributed by atoms with Crippen molar-refractivity contribution in [2.75, 3.05) is 6.54 Å². The van der Waals surface area contributed by atoms with Gasteiger partial charge in [-0.05, 0) is 40.3 Å². The number of carbonyl (C=O) groups excluding carboxylic acids is 1. The molecule has 0 aliphatic carbocycles. The van der Waals surface area contributed by atoms with Crippen LogP contribution in [0.5, 0.6) is 0 Å². The molecule has 0 fully saturated rings. The molecular weight excluding hydrogens is 310 g/mol. The van der Waals surface area contributed by atoms with E-state index in [0.717, 1.165) is 27.5 Å². The summed E-state index contributed by atoms with van der Waals surface area (Å²) in [5.41, 5.74) is 4.20. The van der Waals surface area contributed by atoms with E-state index in [2.05, 4.69) is 29.8 Å². The number of aromatic nitrogens is 1. The minimum atomic E-state index is -0.0456. The lowest BCUT2D eigenvalue weighted by molar-refractivity contribution is 0.0794. The van der Waals surface area contributed by atoms with Gasteiger partial charge in [0, 0.05) is 35.5 Å². The number of hydrogen-bond donors (Lipinski definition) is 0. The Bertz CT molecular complexity index is 1060. The van der Waals surface area contributed by atoms with Gasteiger partial charge in [0.1, 0.15) is 0 Å². The van der Waals surface area contributed by atoms with Crippen molar-refractivity contribution in [2.45, 2.75) is 6.54 Å². The molecule has 4 rings (SSSR count). The first kappa shape index (κ1) is 15.1. The van der Waals surface area contributed by atoms with Crippen molar-refractivity contribution in [3.05, 3.63) is 78.1 Å². The molecule has 0 N–H and O–H groups in total. The number of nitriles is 1. The lowest BCUT2D eigenvalue weighted by atomic mass is 9.95. The third-order valence-corrected chi connectivity index (χ3v) is 4.53. The Kier molecular flexibility index (Phi) is 3.55. The van der Waals surface area contributed by atoms with Gasteiger partial charge in [-0.25, -0.2) is 0 Å². The van der Waals surface area contributed by atoms with Crippen LogP contribution in [-0.2, 0) is 6.54 Å². The third-order valence-electron chi connectivity index (χ3n) is 4.53. The van der Waals surface area contributed by atoms with E-state index in [4.69, 9.17) is 5.26 Å². The summed E-state index contributed by atoms with van der Waals surface area (Å²) in [4.78, 5) is 18.5. The van der Waals surface area contributed by atoms with Crippen LogP contribution in [0.25, 0.3) is 21.9 Å². The standard InChI is InChI=1S/C21H15N3O/c1-14(10-22)12-24-13-20-18(3-2-4-19(20)21(24)25)16-6-5-15-7-8-23-11-17(15)9-16/h2-9,11H,1,12-13H2. The van der Waals surface area contributed by atoms with Gasteiger partial charge in [0.15, 0.2) is 0 Å². The van der Waals surface area contributed by atoms with Crippen LogP contribution in [0.1, 0.15) is 15.9 Å². The third kappa shape index (κ3) is 2.56. The van der Waals surface area contributed by atoms with Crippen LogP contribution >= 0.6 is 0 Å². The van der Waals surface area contributed by atoms with E-state index in [-0.39, 0.29) is 12.5 Å². The highest BCUT2D eigenvalue weighted by Gasteiger charge is 2.29. The fourth-order valence-electron chi connectivity index (χ4n) is 3.31. The molecule has 4 heteroatoms. The first-order valence-corrected chi connectivity index (χ1v) is 8.00. The fourth-order valence-corrected chi connectivity index (χ4v) is 3.31. The molecule has 3 aromatic rings. The zero-order chi connectivity index (χ0) is 17.4. The molecule has 0 saturated heterocycles. The molecule has 2 heterocycles. The van der Waals surface area contributed by atoms with Gasteiger partial charge in [-0.2, -0.15) is 5.26 Å². The Morgan fingerprint density at radius 2 is 2.04 bits per heavy atom. The van der Waals surface area contributed by atoms with Crippen molar-refractivity contribution in [2.24, 2.45) is 0 Å². The highest BCUT2D eigenvalue weighted by atomic mass is 16.2. The molecule has 1 aliphatic heterocycles. The van der Waals surface area contributed by atoms with Gasteiger partial charge < -0.3 is 4.90 Å². The Morgan fingerprint density at radius 3 is 2.88 bits per heavy atom. The van der Waals surface area contributed by atoms with Crippen molar-refractivity contribution in [3.63, 3.8) is 0 Å². The van der Waals surface area contributed by atoms with E-state index in [1.165, 1.54) is 0 Å². The van der Waals surface area contributed by atoms with Crippen LogP contribution in [0.3, 0.4) is 0 Å². The van der Waals surface area contributed by atoms with Gasteiger partial charge in [-0.1, -0.05) is 30.8 Å². The maximum atomic E-state index is 12.6. The number of benzene rings is 2. The fraction of sp³-hybridized carbons (Fsp3) is 0.0952. The van der Waals surface area contributed by atoms with Crippen LogP contribution in [0.15, 0.2) is 67.0 Å². The highest BCUT2D eigenvalue weighted by molar-refractivity contribution is 6.01. The van der Waals surface area contributed by atoms with E-state index >= 15 is 0 Å². The summed E-state index contributed by atoms with van der Waals surface area (Å²) < 4.78 is 0. The zero-order valence-electron chi connectivity index (χ0n) is 13.6. The summed E-state index contributed by atoms with van der Waals surface area (Å²) in [6.07, 6.45) is 3.62. The Balaban J connectivity index is 1.77. The number of pyridine rings is 1. The van der Waals surface area contributed by atoms with Crippen LogP contribution < -0.4 is 0 Å². The molecule has 0 radical (unpaired) electrons. The molecule has 1 aromatic heterocycles. The van der Waals surface area contributed by atoms with Gasteiger partial charge in [0.25, 0.3) is 5.91 Å². The van der Waals surface area contributed by atoms with E-state index < -0.39 is 0 Å². The molecular formula is C21H15N3O. The average molecular weight is 325 g/mol. The summed E-state index contributed by atoms with van der Waals surface area (Å²) in [5, 5.41) is 11.1. The lowest BCUT2D eigenvalue weighted by Gasteiger charge is -2.14. The van der Waals surface area contributed by atoms with Gasteiger partial charge >= 0.3 is 0 Å². The highest BCUT2D eigenvalue weighted by Crippen LogP contribution is 2.34. The molecule has 1 amide bonds. The first-order valence-electron chi connectivity index (χ1n) is 8.00. The largest absolute Gasteiger partial charge is 0.329 e. The number of rotatable bonds is 3. The first-order chi connectivity index (χ1) is 12.2.